The largest absolute Gasteiger partial charge is 0.388 e. The van der Waals surface area contributed by atoms with Gasteiger partial charge < -0.3 is 15.4 Å². The second kappa shape index (κ2) is 7.83. The first-order chi connectivity index (χ1) is 10.2. The fourth-order valence-electron chi connectivity index (χ4n) is 2.62. The molecule has 0 bridgehead atoms. The van der Waals surface area contributed by atoms with Crippen molar-refractivity contribution < 1.29 is 9.66 Å². The smallest absolute Gasteiger partial charge is 0.273 e. The number of hydrogen-bond acceptors (Lipinski definition) is 5. The molecule has 1 aliphatic rings. The average Bonchev–Trinajstić information content (AvgIpc) is 2.52. The van der Waals surface area contributed by atoms with Gasteiger partial charge in [0.2, 0.25) is 0 Å². The summed E-state index contributed by atoms with van der Waals surface area (Å²) >= 11 is 0. The third kappa shape index (κ3) is 4.90. The van der Waals surface area contributed by atoms with Gasteiger partial charge in [0.15, 0.2) is 0 Å². The number of non-ortho nitro benzene ring substituents is 1. The zero-order chi connectivity index (χ0) is 15.1. The zero-order valence-corrected chi connectivity index (χ0v) is 12.4. The van der Waals surface area contributed by atoms with Crippen LogP contribution in [-0.2, 0) is 4.74 Å². The molecular weight excluding hydrogens is 270 g/mol. The van der Waals surface area contributed by atoms with Crippen LogP contribution in [0.4, 0.5) is 17.1 Å². The summed E-state index contributed by atoms with van der Waals surface area (Å²) in [4.78, 5) is 10.5. The number of nitro groups is 1. The summed E-state index contributed by atoms with van der Waals surface area (Å²) < 4.78 is 5.83. The molecule has 1 aliphatic carbocycles. The molecule has 0 atom stereocenters. The van der Waals surface area contributed by atoms with Gasteiger partial charge >= 0.3 is 0 Å². The second-order valence-electron chi connectivity index (χ2n) is 5.33. The van der Waals surface area contributed by atoms with Gasteiger partial charge in [0.25, 0.3) is 5.69 Å². The number of anilines is 2. The number of nitro benzene ring substituents is 1. The maximum absolute atomic E-state index is 10.9. The topological polar surface area (TPSA) is 76.4 Å². The molecule has 0 aliphatic heterocycles. The van der Waals surface area contributed by atoms with Crippen molar-refractivity contribution in [3.63, 3.8) is 0 Å². The van der Waals surface area contributed by atoms with Crippen LogP contribution in [-0.4, -0.2) is 31.2 Å². The molecule has 0 unspecified atom stereocenters. The molecule has 6 heteroatoms. The summed E-state index contributed by atoms with van der Waals surface area (Å²) in [6.45, 7) is 1.28. The highest BCUT2D eigenvalue weighted by Gasteiger charge is 2.13. The predicted molar refractivity (Wildman–Crippen MR) is 84.0 cm³/mol. The van der Waals surface area contributed by atoms with E-state index in [1.165, 1.54) is 25.3 Å². The van der Waals surface area contributed by atoms with Crippen molar-refractivity contribution in [2.75, 3.05) is 30.8 Å². The summed E-state index contributed by atoms with van der Waals surface area (Å²) in [5.41, 5.74) is 1.54. The standard InChI is InChI=1S/C15H23N3O3/c1-16-12-9-13(11-14(10-12)18(19)20)17-7-8-21-15-5-3-2-4-6-15/h9-11,15-17H,2-8H2,1H3. The van der Waals surface area contributed by atoms with E-state index in [1.54, 1.807) is 13.1 Å². The van der Waals surface area contributed by atoms with Gasteiger partial charge in [0, 0.05) is 37.1 Å². The fourth-order valence-corrected chi connectivity index (χ4v) is 2.62. The Morgan fingerprint density at radius 1 is 1.24 bits per heavy atom. The van der Waals surface area contributed by atoms with Crippen LogP contribution in [0.2, 0.25) is 0 Å². The lowest BCUT2D eigenvalue weighted by Crippen LogP contribution is -2.20. The molecule has 2 N–H and O–H groups in total. The van der Waals surface area contributed by atoms with E-state index in [4.69, 9.17) is 4.74 Å². The van der Waals surface area contributed by atoms with Crippen molar-refractivity contribution in [3.05, 3.63) is 28.3 Å². The van der Waals surface area contributed by atoms with E-state index in [0.717, 1.165) is 24.2 Å². The minimum atomic E-state index is -0.384. The predicted octanol–water partition coefficient (Wildman–Crippen LogP) is 3.40. The van der Waals surface area contributed by atoms with Crippen LogP contribution in [0.25, 0.3) is 0 Å². The van der Waals surface area contributed by atoms with Gasteiger partial charge in [-0.2, -0.15) is 0 Å². The molecule has 116 valence electrons. The van der Waals surface area contributed by atoms with Crippen LogP contribution >= 0.6 is 0 Å². The normalized spacial score (nSPS) is 15.7. The molecule has 0 heterocycles. The first-order valence-electron chi connectivity index (χ1n) is 7.52. The number of ether oxygens (including phenoxy) is 1. The van der Waals surface area contributed by atoms with Gasteiger partial charge in [0.05, 0.1) is 17.6 Å². The Kier molecular flexibility index (Phi) is 5.80. The van der Waals surface area contributed by atoms with Crippen molar-refractivity contribution in [1.29, 1.82) is 0 Å². The van der Waals surface area contributed by atoms with E-state index in [1.807, 2.05) is 6.07 Å². The van der Waals surface area contributed by atoms with Gasteiger partial charge in [-0.15, -0.1) is 0 Å². The summed E-state index contributed by atoms with van der Waals surface area (Å²) in [5, 5.41) is 17.0. The van der Waals surface area contributed by atoms with Gasteiger partial charge in [-0.05, 0) is 18.9 Å². The first-order valence-corrected chi connectivity index (χ1v) is 7.52. The van der Waals surface area contributed by atoms with Crippen LogP contribution in [0.5, 0.6) is 0 Å². The quantitative estimate of drug-likeness (QED) is 0.458. The Bertz CT molecular complexity index is 473. The molecule has 2 rings (SSSR count). The minimum Gasteiger partial charge on any atom is -0.388 e. The maximum Gasteiger partial charge on any atom is 0.273 e. The third-order valence-electron chi connectivity index (χ3n) is 3.75. The molecule has 1 saturated carbocycles. The highest BCUT2D eigenvalue weighted by atomic mass is 16.6. The van der Waals surface area contributed by atoms with E-state index in [9.17, 15) is 10.1 Å². The lowest BCUT2D eigenvalue weighted by Gasteiger charge is -2.22. The molecule has 1 aromatic rings. The van der Waals surface area contributed by atoms with Gasteiger partial charge in [-0.25, -0.2) is 0 Å². The highest BCUT2D eigenvalue weighted by Crippen LogP contribution is 2.24. The van der Waals surface area contributed by atoms with E-state index < -0.39 is 0 Å². The molecule has 1 fully saturated rings. The summed E-state index contributed by atoms with van der Waals surface area (Å²) in [6.07, 6.45) is 6.53. The number of nitrogens with one attached hydrogen (secondary N) is 2. The monoisotopic (exact) mass is 293 g/mol. The number of nitrogens with zero attached hydrogens (tertiary/aromatic N) is 1. The van der Waals surface area contributed by atoms with E-state index in [-0.39, 0.29) is 10.6 Å². The Hall–Kier alpha value is -1.82. The molecule has 0 radical (unpaired) electrons. The fraction of sp³-hybridized carbons (Fsp3) is 0.600. The number of hydrogen-bond donors (Lipinski definition) is 2. The van der Waals surface area contributed by atoms with Crippen molar-refractivity contribution in [2.45, 2.75) is 38.2 Å². The van der Waals surface area contributed by atoms with Crippen LogP contribution in [0.15, 0.2) is 18.2 Å². The second-order valence-corrected chi connectivity index (χ2v) is 5.33. The van der Waals surface area contributed by atoms with Crippen molar-refractivity contribution in [1.82, 2.24) is 0 Å². The summed E-state index contributed by atoms with van der Waals surface area (Å²) in [6, 6.07) is 4.92. The highest BCUT2D eigenvalue weighted by molar-refractivity contribution is 5.63. The van der Waals surface area contributed by atoms with Crippen LogP contribution in [0.1, 0.15) is 32.1 Å². The maximum atomic E-state index is 10.9. The zero-order valence-electron chi connectivity index (χ0n) is 12.4. The van der Waals surface area contributed by atoms with Crippen LogP contribution in [0.3, 0.4) is 0 Å². The van der Waals surface area contributed by atoms with Gasteiger partial charge in [-0.1, -0.05) is 19.3 Å². The third-order valence-corrected chi connectivity index (χ3v) is 3.75. The Morgan fingerprint density at radius 2 is 1.95 bits per heavy atom. The Labute approximate surface area is 125 Å². The SMILES string of the molecule is CNc1cc(NCCOC2CCCCC2)cc([N+](=O)[O-])c1. The number of rotatable bonds is 7. The summed E-state index contributed by atoms with van der Waals surface area (Å²) in [5.74, 6) is 0. The van der Waals surface area contributed by atoms with E-state index in [2.05, 4.69) is 10.6 Å². The van der Waals surface area contributed by atoms with E-state index >= 15 is 0 Å². The minimum absolute atomic E-state index is 0.0811. The molecule has 6 nitrogen and oxygen atoms in total. The Balaban J connectivity index is 1.81. The van der Waals surface area contributed by atoms with Crippen LogP contribution < -0.4 is 10.6 Å². The average molecular weight is 293 g/mol. The molecule has 1 aromatic carbocycles. The molecule has 0 amide bonds. The molecule has 21 heavy (non-hydrogen) atoms. The molecule has 0 saturated heterocycles. The molecular formula is C15H23N3O3. The summed E-state index contributed by atoms with van der Waals surface area (Å²) in [7, 11) is 1.75. The number of benzene rings is 1. The van der Waals surface area contributed by atoms with Crippen molar-refractivity contribution in [2.24, 2.45) is 0 Å². The van der Waals surface area contributed by atoms with Crippen molar-refractivity contribution >= 4 is 17.1 Å². The lowest BCUT2D eigenvalue weighted by molar-refractivity contribution is -0.384. The first kappa shape index (κ1) is 15.6. The molecule has 0 spiro atoms. The molecule has 0 aromatic heterocycles. The Morgan fingerprint density at radius 3 is 2.62 bits per heavy atom. The lowest BCUT2D eigenvalue weighted by atomic mass is 9.98. The van der Waals surface area contributed by atoms with E-state index in [0.29, 0.717) is 19.3 Å². The van der Waals surface area contributed by atoms with Crippen LogP contribution in [0, 0.1) is 10.1 Å². The van der Waals surface area contributed by atoms with Crippen molar-refractivity contribution in [3.8, 4) is 0 Å². The van der Waals surface area contributed by atoms with Gasteiger partial charge in [-0.3, -0.25) is 10.1 Å². The van der Waals surface area contributed by atoms with Gasteiger partial charge in [0.1, 0.15) is 0 Å².